The van der Waals surface area contributed by atoms with E-state index in [0.717, 1.165) is 5.56 Å². The highest BCUT2D eigenvalue weighted by Crippen LogP contribution is 2.20. The molecule has 4 aromatic rings. The highest BCUT2D eigenvalue weighted by molar-refractivity contribution is 7.89. The van der Waals surface area contributed by atoms with E-state index in [2.05, 4.69) is 20.5 Å². The van der Waals surface area contributed by atoms with E-state index in [4.69, 9.17) is 4.42 Å². The van der Waals surface area contributed by atoms with Crippen molar-refractivity contribution < 1.29 is 17.6 Å². The third kappa shape index (κ3) is 4.71. The Bertz CT molecular complexity index is 1310. The average molecular weight is 449 g/mol. The van der Waals surface area contributed by atoms with E-state index in [9.17, 15) is 13.2 Å². The molecule has 1 N–H and O–H groups in total. The predicted octanol–water partition coefficient (Wildman–Crippen LogP) is 3.20. The Morgan fingerprint density at radius 1 is 0.969 bits per heavy atom. The molecule has 2 aromatic heterocycles. The van der Waals surface area contributed by atoms with Crippen molar-refractivity contribution in [2.75, 3.05) is 12.4 Å². The minimum Gasteiger partial charge on any atom is -0.403 e. The molecule has 2 aromatic carbocycles. The Morgan fingerprint density at radius 2 is 1.66 bits per heavy atom. The number of nitrogens with zero attached hydrogens (tertiary/aromatic N) is 4. The summed E-state index contributed by atoms with van der Waals surface area (Å²) in [5.74, 6) is -0.262. The molecule has 0 unspecified atom stereocenters. The third-order valence-electron chi connectivity index (χ3n) is 4.65. The maximum atomic E-state index is 12.8. The first-order valence-corrected chi connectivity index (χ1v) is 11.0. The lowest BCUT2D eigenvalue weighted by Gasteiger charge is -2.17. The number of anilines is 1. The second-order valence-electron chi connectivity index (χ2n) is 6.87. The van der Waals surface area contributed by atoms with Gasteiger partial charge in [0, 0.05) is 37.1 Å². The van der Waals surface area contributed by atoms with Crippen molar-refractivity contribution in [3.63, 3.8) is 0 Å². The maximum absolute atomic E-state index is 12.8. The number of sulfonamides is 1. The molecule has 0 aliphatic carbocycles. The molecule has 162 valence electrons. The molecule has 0 spiro atoms. The van der Waals surface area contributed by atoms with E-state index in [-0.39, 0.29) is 28.9 Å². The summed E-state index contributed by atoms with van der Waals surface area (Å²) >= 11 is 0. The van der Waals surface area contributed by atoms with Crippen molar-refractivity contribution in [1.29, 1.82) is 0 Å². The molecule has 0 radical (unpaired) electrons. The Balaban J connectivity index is 1.44. The molecule has 0 aliphatic heterocycles. The quantitative estimate of drug-likeness (QED) is 0.460. The molecule has 9 nitrogen and oxygen atoms in total. The molecule has 0 bridgehead atoms. The molecule has 1 amide bonds. The van der Waals surface area contributed by atoms with Crippen molar-refractivity contribution in [3.8, 4) is 11.5 Å². The molecular weight excluding hydrogens is 430 g/mol. The third-order valence-corrected chi connectivity index (χ3v) is 6.46. The van der Waals surface area contributed by atoms with Crippen LogP contribution in [-0.4, -0.2) is 40.9 Å². The fourth-order valence-corrected chi connectivity index (χ4v) is 4.10. The fraction of sp³-hybridized carbons (Fsp3) is 0.0909. The lowest BCUT2D eigenvalue weighted by molar-refractivity contribution is 0.102. The van der Waals surface area contributed by atoms with E-state index in [0.29, 0.717) is 5.56 Å². The van der Waals surface area contributed by atoms with Crippen LogP contribution in [0.2, 0.25) is 0 Å². The van der Waals surface area contributed by atoms with Gasteiger partial charge in [-0.15, -0.1) is 5.10 Å². The number of amides is 1. The smallest absolute Gasteiger partial charge is 0.322 e. The highest BCUT2D eigenvalue weighted by atomic mass is 32.2. The Kier molecular flexibility index (Phi) is 6.06. The van der Waals surface area contributed by atoms with Crippen LogP contribution < -0.4 is 5.32 Å². The maximum Gasteiger partial charge on any atom is 0.322 e. The lowest BCUT2D eigenvalue weighted by atomic mass is 10.2. The first kappa shape index (κ1) is 21.3. The van der Waals surface area contributed by atoms with Gasteiger partial charge in [0.2, 0.25) is 15.9 Å². The van der Waals surface area contributed by atoms with Gasteiger partial charge in [-0.1, -0.05) is 35.4 Å². The van der Waals surface area contributed by atoms with Gasteiger partial charge >= 0.3 is 6.01 Å². The largest absolute Gasteiger partial charge is 0.403 e. The van der Waals surface area contributed by atoms with Gasteiger partial charge in [-0.3, -0.25) is 15.1 Å². The number of pyridine rings is 1. The van der Waals surface area contributed by atoms with Gasteiger partial charge in [-0.2, -0.15) is 4.31 Å². The van der Waals surface area contributed by atoms with Crippen molar-refractivity contribution in [3.05, 3.63) is 90.3 Å². The van der Waals surface area contributed by atoms with Gasteiger partial charge in [-0.25, -0.2) is 8.42 Å². The highest BCUT2D eigenvalue weighted by Gasteiger charge is 2.21. The van der Waals surface area contributed by atoms with Crippen LogP contribution in [0, 0.1) is 0 Å². The van der Waals surface area contributed by atoms with Crippen LogP contribution in [0.4, 0.5) is 6.01 Å². The number of carbonyl (C=O) groups excluding carboxylic acids is 1. The van der Waals surface area contributed by atoms with Crippen LogP contribution in [0.5, 0.6) is 0 Å². The summed E-state index contributed by atoms with van der Waals surface area (Å²) in [4.78, 5) is 16.5. The molecular formula is C22H19N5O4S. The second kappa shape index (κ2) is 9.08. The van der Waals surface area contributed by atoms with E-state index >= 15 is 0 Å². The van der Waals surface area contributed by atoms with E-state index in [1.165, 1.54) is 35.6 Å². The summed E-state index contributed by atoms with van der Waals surface area (Å²) in [5.41, 5.74) is 1.79. The van der Waals surface area contributed by atoms with Crippen molar-refractivity contribution in [2.24, 2.45) is 0 Å². The van der Waals surface area contributed by atoms with Gasteiger partial charge in [0.1, 0.15) is 0 Å². The average Bonchev–Trinajstić information content (AvgIpc) is 3.29. The van der Waals surface area contributed by atoms with Crippen molar-refractivity contribution in [2.45, 2.75) is 11.4 Å². The fourth-order valence-electron chi connectivity index (χ4n) is 2.94. The van der Waals surface area contributed by atoms with E-state index in [1.807, 2.05) is 30.3 Å². The van der Waals surface area contributed by atoms with Gasteiger partial charge < -0.3 is 4.42 Å². The van der Waals surface area contributed by atoms with Gasteiger partial charge in [-0.05, 0) is 42.0 Å². The zero-order valence-corrected chi connectivity index (χ0v) is 17.9. The zero-order chi connectivity index (χ0) is 22.6. The van der Waals surface area contributed by atoms with Crippen LogP contribution in [0.15, 0.2) is 88.4 Å². The van der Waals surface area contributed by atoms with Crippen LogP contribution in [0.3, 0.4) is 0 Å². The SMILES string of the molecule is CN(Cc1ccccc1)S(=O)(=O)c1ccc(C(=O)Nc2nnc(-c3ccncc3)o2)cc1. The summed E-state index contributed by atoms with van der Waals surface area (Å²) in [6.45, 7) is 0.238. The molecule has 0 saturated carbocycles. The molecule has 2 heterocycles. The molecule has 0 saturated heterocycles. The minimum absolute atomic E-state index is 0.0684. The van der Waals surface area contributed by atoms with Crippen LogP contribution in [0.25, 0.3) is 11.5 Å². The van der Waals surface area contributed by atoms with Crippen molar-refractivity contribution in [1.82, 2.24) is 19.5 Å². The van der Waals surface area contributed by atoms with Gasteiger partial charge in [0.25, 0.3) is 5.91 Å². The molecule has 32 heavy (non-hydrogen) atoms. The summed E-state index contributed by atoms with van der Waals surface area (Å²) < 4.78 is 32.4. The number of hydrogen-bond donors (Lipinski definition) is 1. The number of hydrogen-bond acceptors (Lipinski definition) is 7. The first-order chi connectivity index (χ1) is 15.4. The van der Waals surface area contributed by atoms with Crippen LogP contribution in [-0.2, 0) is 16.6 Å². The van der Waals surface area contributed by atoms with E-state index in [1.54, 1.807) is 24.5 Å². The Morgan fingerprint density at radius 3 is 2.34 bits per heavy atom. The van der Waals surface area contributed by atoms with Crippen molar-refractivity contribution >= 4 is 21.9 Å². The number of aromatic nitrogens is 3. The van der Waals surface area contributed by atoms with Gasteiger partial charge in [0.05, 0.1) is 4.90 Å². The molecule has 0 fully saturated rings. The summed E-state index contributed by atoms with van der Waals surface area (Å²) in [6.07, 6.45) is 3.18. The van der Waals surface area contributed by atoms with Gasteiger partial charge in [0.15, 0.2) is 0 Å². The Hall–Kier alpha value is -3.89. The second-order valence-corrected chi connectivity index (χ2v) is 8.92. The zero-order valence-electron chi connectivity index (χ0n) is 17.0. The molecule has 0 aliphatic rings. The normalized spacial score (nSPS) is 11.4. The van der Waals surface area contributed by atoms with Crippen LogP contribution >= 0.6 is 0 Å². The first-order valence-electron chi connectivity index (χ1n) is 9.59. The summed E-state index contributed by atoms with van der Waals surface area (Å²) in [7, 11) is -2.20. The number of benzene rings is 2. The molecule has 4 rings (SSSR count). The monoisotopic (exact) mass is 449 g/mol. The minimum atomic E-state index is -3.71. The number of carbonyl (C=O) groups is 1. The summed E-state index contributed by atoms with van der Waals surface area (Å²) in [6, 6.07) is 18.3. The van der Waals surface area contributed by atoms with E-state index < -0.39 is 15.9 Å². The predicted molar refractivity (Wildman–Crippen MR) is 117 cm³/mol. The Labute approximate surface area is 184 Å². The lowest BCUT2D eigenvalue weighted by Crippen LogP contribution is -2.26. The topological polar surface area (TPSA) is 118 Å². The standard InChI is InChI=1S/C22H19N5O4S/c1-27(15-16-5-3-2-4-6-16)32(29,30)19-9-7-17(8-10-19)20(28)24-22-26-25-21(31-22)18-11-13-23-14-12-18/h2-14H,15H2,1H3,(H,24,26,28). The summed E-state index contributed by atoms with van der Waals surface area (Å²) in [5, 5.41) is 10.2. The number of nitrogens with one attached hydrogen (secondary N) is 1. The van der Waals surface area contributed by atoms with Crippen LogP contribution in [0.1, 0.15) is 15.9 Å². The molecule has 10 heteroatoms. The number of rotatable bonds is 7. The molecule has 0 atom stereocenters.